The van der Waals surface area contributed by atoms with Gasteiger partial charge in [-0.25, -0.2) is 0 Å². The van der Waals surface area contributed by atoms with Crippen LogP contribution < -0.4 is 15.4 Å². The fourth-order valence-corrected chi connectivity index (χ4v) is 3.25. The molecule has 2 amide bonds. The van der Waals surface area contributed by atoms with Crippen molar-refractivity contribution < 1.29 is 14.3 Å². The lowest BCUT2D eigenvalue weighted by Crippen LogP contribution is -2.38. The first-order valence-electron chi connectivity index (χ1n) is 9.55. The van der Waals surface area contributed by atoms with Crippen LogP contribution in [0.15, 0.2) is 48.5 Å². The maximum Gasteiger partial charge on any atom is 0.251 e. The molecule has 0 saturated carbocycles. The highest BCUT2D eigenvalue weighted by Crippen LogP contribution is 2.30. The van der Waals surface area contributed by atoms with Crippen molar-refractivity contribution in [1.29, 1.82) is 0 Å². The first-order valence-corrected chi connectivity index (χ1v) is 9.55. The predicted octanol–water partition coefficient (Wildman–Crippen LogP) is 3.40. The molecule has 3 rings (SSSR count). The van der Waals surface area contributed by atoms with Gasteiger partial charge in [0.2, 0.25) is 5.91 Å². The van der Waals surface area contributed by atoms with E-state index in [0.29, 0.717) is 12.2 Å². The number of nitrogens with one attached hydrogen (secondary N) is 2. The van der Waals surface area contributed by atoms with Gasteiger partial charge >= 0.3 is 0 Å². The summed E-state index contributed by atoms with van der Waals surface area (Å²) in [5.74, 6) is 0.305. The largest absolute Gasteiger partial charge is 0.494 e. The Kier molecular flexibility index (Phi) is 6.47. The molecule has 0 spiro atoms. The lowest BCUT2D eigenvalue weighted by molar-refractivity contribution is -0.120. The minimum Gasteiger partial charge on any atom is -0.494 e. The van der Waals surface area contributed by atoms with Gasteiger partial charge in [-0.15, -0.1) is 0 Å². The number of unbranched alkanes of at least 4 members (excludes halogenated alkanes) is 1. The number of rotatable bonds is 8. The Labute approximate surface area is 160 Å². The Morgan fingerprint density at radius 3 is 2.67 bits per heavy atom. The normalized spacial score (nSPS) is 15.1. The molecule has 27 heavy (non-hydrogen) atoms. The van der Waals surface area contributed by atoms with Crippen molar-refractivity contribution in [3.63, 3.8) is 0 Å². The fraction of sp³-hybridized carbons (Fsp3) is 0.364. The number of aryl methyl sites for hydroxylation is 1. The molecule has 0 bridgehead atoms. The van der Waals surface area contributed by atoms with Crippen LogP contribution in [0.4, 0.5) is 0 Å². The molecule has 1 aliphatic rings. The molecule has 2 aromatic rings. The minimum atomic E-state index is -0.267. The number of amides is 2. The van der Waals surface area contributed by atoms with Crippen LogP contribution in [0, 0.1) is 0 Å². The fourth-order valence-electron chi connectivity index (χ4n) is 3.25. The van der Waals surface area contributed by atoms with Crippen molar-refractivity contribution in [1.82, 2.24) is 10.6 Å². The third-order valence-electron chi connectivity index (χ3n) is 4.76. The Morgan fingerprint density at radius 2 is 1.89 bits per heavy atom. The molecule has 2 aromatic carbocycles. The monoisotopic (exact) mass is 366 g/mol. The molecule has 0 saturated heterocycles. The Balaban J connectivity index is 1.45. The topological polar surface area (TPSA) is 67.4 Å². The number of hydrogen-bond acceptors (Lipinski definition) is 3. The second kappa shape index (κ2) is 9.21. The van der Waals surface area contributed by atoms with Crippen LogP contribution in [0.25, 0.3) is 0 Å². The Bertz CT molecular complexity index is 786. The van der Waals surface area contributed by atoms with Gasteiger partial charge in [0, 0.05) is 5.56 Å². The molecule has 1 atom stereocenters. The Morgan fingerprint density at radius 1 is 1.11 bits per heavy atom. The van der Waals surface area contributed by atoms with E-state index in [4.69, 9.17) is 4.74 Å². The number of ether oxygens (including phenoxy) is 1. The van der Waals surface area contributed by atoms with E-state index < -0.39 is 0 Å². The zero-order valence-corrected chi connectivity index (χ0v) is 15.7. The number of carbonyl (C=O) groups is 2. The number of carbonyl (C=O) groups excluding carboxylic acids is 2. The van der Waals surface area contributed by atoms with E-state index in [9.17, 15) is 9.59 Å². The van der Waals surface area contributed by atoms with Gasteiger partial charge in [0.05, 0.1) is 19.2 Å². The maximum atomic E-state index is 12.2. The minimum absolute atomic E-state index is 0.0326. The summed E-state index contributed by atoms with van der Waals surface area (Å²) in [6.45, 7) is 2.75. The van der Waals surface area contributed by atoms with Gasteiger partial charge in [0.1, 0.15) is 5.75 Å². The van der Waals surface area contributed by atoms with Gasteiger partial charge in [0.15, 0.2) is 0 Å². The number of fused-ring (bicyclic) bond motifs is 1. The molecule has 2 N–H and O–H groups in total. The van der Waals surface area contributed by atoms with Crippen molar-refractivity contribution in [2.45, 2.75) is 38.6 Å². The highest BCUT2D eigenvalue weighted by Gasteiger charge is 2.23. The van der Waals surface area contributed by atoms with E-state index in [-0.39, 0.29) is 24.4 Å². The zero-order chi connectivity index (χ0) is 19.1. The van der Waals surface area contributed by atoms with Gasteiger partial charge in [-0.05, 0) is 54.7 Å². The van der Waals surface area contributed by atoms with E-state index in [0.717, 1.165) is 31.4 Å². The summed E-state index contributed by atoms with van der Waals surface area (Å²) in [4.78, 5) is 24.4. The summed E-state index contributed by atoms with van der Waals surface area (Å²) in [6.07, 6.45) is 3.95. The van der Waals surface area contributed by atoms with Crippen LogP contribution in [-0.4, -0.2) is 25.0 Å². The van der Waals surface area contributed by atoms with E-state index in [1.165, 1.54) is 11.1 Å². The van der Waals surface area contributed by atoms with Gasteiger partial charge in [-0.2, -0.15) is 0 Å². The summed E-state index contributed by atoms with van der Waals surface area (Å²) < 4.78 is 5.59. The third-order valence-corrected chi connectivity index (χ3v) is 4.76. The van der Waals surface area contributed by atoms with Crippen molar-refractivity contribution >= 4 is 11.8 Å². The summed E-state index contributed by atoms with van der Waals surface area (Å²) in [6, 6.07) is 15.2. The molecule has 1 aliphatic carbocycles. The van der Waals surface area contributed by atoms with Crippen LogP contribution in [0.2, 0.25) is 0 Å². The van der Waals surface area contributed by atoms with E-state index in [2.05, 4.69) is 29.7 Å². The average Bonchev–Trinajstić information content (AvgIpc) is 3.10. The lowest BCUT2D eigenvalue weighted by atomic mass is 10.1. The summed E-state index contributed by atoms with van der Waals surface area (Å²) in [5.41, 5.74) is 2.97. The van der Waals surface area contributed by atoms with Crippen LogP contribution in [0.1, 0.15) is 53.7 Å². The predicted molar refractivity (Wildman–Crippen MR) is 105 cm³/mol. The Hall–Kier alpha value is -2.82. The molecular weight excluding hydrogens is 340 g/mol. The van der Waals surface area contributed by atoms with E-state index >= 15 is 0 Å². The smallest absolute Gasteiger partial charge is 0.251 e. The molecule has 0 unspecified atom stereocenters. The van der Waals surface area contributed by atoms with Crippen molar-refractivity contribution in [3.05, 3.63) is 65.2 Å². The average molecular weight is 366 g/mol. The van der Waals surface area contributed by atoms with Gasteiger partial charge in [-0.3, -0.25) is 9.59 Å². The van der Waals surface area contributed by atoms with Gasteiger partial charge in [0.25, 0.3) is 5.91 Å². The van der Waals surface area contributed by atoms with Crippen LogP contribution in [0.3, 0.4) is 0 Å². The van der Waals surface area contributed by atoms with Gasteiger partial charge < -0.3 is 15.4 Å². The highest BCUT2D eigenvalue weighted by atomic mass is 16.5. The van der Waals surface area contributed by atoms with Crippen molar-refractivity contribution in [3.8, 4) is 5.75 Å². The molecule has 0 aromatic heterocycles. The molecule has 0 radical (unpaired) electrons. The van der Waals surface area contributed by atoms with Crippen molar-refractivity contribution in [2.24, 2.45) is 0 Å². The molecule has 142 valence electrons. The summed E-state index contributed by atoms with van der Waals surface area (Å²) >= 11 is 0. The summed E-state index contributed by atoms with van der Waals surface area (Å²) in [5, 5.41) is 5.68. The first kappa shape index (κ1) is 19.0. The molecule has 5 nitrogen and oxygen atoms in total. The maximum absolute atomic E-state index is 12.2. The van der Waals surface area contributed by atoms with Crippen LogP contribution in [0.5, 0.6) is 5.75 Å². The second-order valence-electron chi connectivity index (χ2n) is 6.77. The molecule has 0 aliphatic heterocycles. The standard InChI is InChI=1S/C22H26N2O3/c1-2-3-14-27-18-11-8-17(9-12-18)22(26)23-15-21(25)24-20-13-10-16-6-4-5-7-19(16)20/h4-9,11-12,20H,2-3,10,13-15H2,1H3,(H,23,26)(H,24,25)/t20-/m1/s1. The SMILES string of the molecule is CCCCOc1ccc(C(=O)NCC(=O)N[C@@H]2CCc3ccccc32)cc1. The summed E-state index contributed by atoms with van der Waals surface area (Å²) in [7, 11) is 0. The zero-order valence-electron chi connectivity index (χ0n) is 15.7. The second-order valence-corrected chi connectivity index (χ2v) is 6.77. The van der Waals surface area contributed by atoms with E-state index in [1.54, 1.807) is 24.3 Å². The van der Waals surface area contributed by atoms with Crippen LogP contribution >= 0.6 is 0 Å². The van der Waals surface area contributed by atoms with E-state index in [1.807, 2.05) is 12.1 Å². The first-order chi connectivity index (χ1) is 13.2. The number of benzene rings is 2. The van der Waals surface area contributed by atoms with Gasteiger partial charge in [-0.1, -0.05) is 37.6 Å². The molecular formula is C22H26N2O3. The molecule has 0 fully saturated rings. The molecule has 5 heteroatoms. The van der Waals surface area contributed by atoms with Crippen LogP contribution in [-0.2, 0) is 11.2 Å². The molecule has 0 heterocycles. The number of hydrogen-bond donors (Lipinski definition) is 2. The third kappa shape index (κ3) is 5.09. The lowest BCUT2D eigenvalue weighted by Gasteiger charge is -2.14. The quantitative estimate of drug-likeness (QED) is 0.704. The van der Waals surface area contributed by atoms with Crippen molar-refractivity contribution in [2.75, 3.05) is 13.2 Å². The highest BCUT2D eigenvalue weighted by molar-refractivity contribution is 5.96.